The smallest absolute Gasteiger partial charge is 0.136 e. The first-order valence-corrected chi connectivity index (χ1v) is 10.5. The van der Waals surface area contributed by atoms with E-state index in [4.69, 9.17) is 0 Å². The molecule has 4 aliphatic carbocycles. The molecule has 130 valence electrons. The number of hydrogen-bond acceptors (Lipinski definition) is 1. The molecule has 4 saturated carbocycles. The summed E-state index contributed by atoms with van der Waals surface area (Å²) in [5, 5.41) is 0. The van der Waals surface area contributed by atoms with Gasteiger partial charge in [0.25, 0.3) is 0 Å². The van der Waals surface area contributed by atoms with Gasteiger partial charge in [-0.25, -0.2) is 0 Å². The van der Waals surface area contributed by atoms with Gasteiger partial charge in [-0.3, -0.25) is 4.79 Å². The molecule has 7 atom stereocenters. The van der Waals surface area contributed by atoms with E-state index in [0.717, 1.165) is 30.1 Å². The molecule has 0 aromatic rings. The minimum atomic E-state index is 0.339. The zero-order valence-electron chi connectivity index (χ0n) is 15.6. The van der Waals surface area contributed by atoms with Crippen molar-refractivity contribution in [3.05, 3.63) is 0 Å². The fourth-order valence-corrected chi connectivity index (χ4v) is 8.07. The molecule has 0 N–H and O–H groups in total. The maximum Gasteiger partial charge on any atom is 0.136 e. The van der Waals surface area contributed by atoms with Gasteiger partial charge >= 0.3 is 0 Å². The van der Waals surface area contributed by atoms with E-state index in [-0.39, 0.29) is 0 Å². The van der Waals surface area contributed by atoms with E-state index in [9.17, 15) is 4.79 Å². The third-order valence-corrected chi connectivity index (χ3v) is 9.32. The van der Waals surface area contributed by atoms with Gasteiger partial charge < -0.3 is 0 Å². The lowest BCUT2D eigenvalue weighted by molar-refractivity contribution is -0.135. The van der Waals surface area contributed by atoms with Crippen molar-refractivity contribution >= 4 is 5.78 Å². The lowest BCUT2D eigenvalue weighted by Gasteiger charge is -2.60. The second-order valence-electron chi connectivity index (χ2n) is 9.90. The van der Waals surface area contributed by atoms with E-state index in [0.29, 0.717) is 22.5 Å². The fraction of sp³-hybridized carbons (Fsp3) is 0.955. The predicted molar refractivity (Wildman–Crippen MR) is 95.1 cm³/mol. The summed E-state index contributed by atoms with van der Waals surface area (Å²) in [4.78, 5) is 12.5. The SMILES string of the molecule is CCC(=O)C1CCC2C3CCC4CCCCC4(C)C3CCC12C. The molecule has 0 radical (unpaired) electrons. The van der Waals surface area contributed by atoms with Crippen LogP contribution in [-0.2, 0) is 4.79 Å². The zero-order chi connectivity index (χ0) is 16.2. The molecule has 0 spiro atoms. The monoisotopic (exact) mass is 316 g/mol. The first-order valence-electron chi connectivity index (χ1n) is 10.5. The van der Waals surface area contributed by atoms with Gasteiger partial charge in [-0.05, 0) is 85.9 Å². The lowest BCUT2D eigenvalue weighted by Crippen LogP contribution is -2.53. The highest BCUT2D eigenvalue weighted by atomic mass is 16.1. The highest BCUT2D eigenvalue weighted by Crippen LogP contribution is 2.67. The number of carbonyl (C=O) groups excluding carboxylic acids is 1. The summed E-state index contributed by atoms with van der Waals surface area (Å²) in [5.74, 6) is 4.71. The third-order valence-electron chi connectivity index (χ3n) is 9.32. The Morgan fingerprint density at radius 1 is 0.870 bits per heavy atom. The summed E-state index contributed by atoms with van der Waals surface area (Å²) >= 11 is 0. The summed E-state index contributed by atoms with van der Waals surface area (Å²) < 4.78 is 0. The van der Waals surface area contributed by atoms with Gasteiger partial charge in [-0.15, -0.1) is 0 Å². The molecule has 0 aromatic heterocycles. The van der Waals surface area contributed by atoms with E-state index in [1.165, 1.54) is 64.2 Å². The van der Waals surface area contributed by atoms with Crippen molar-refractivity contribution in [3.8, 4) is 0 Å². The van der Waals surface area contributed by atoms with E-state index in [1.54, 1.807) is 0 Å². The molecule has 0 heterocycles. The third kappa shape index (κ3) is 2.20. The molecule has 7 unspecified atom stereocenters. The molecule has 0 aliphatic heterocycles. The van der Waals surface area contributed by atoms with Crippen molar-refractivity contribution < 1.29 is 4.79 Å². The summed E-state index contributed by atoms with van der Waals surface area (Å²) in [5.41, 5.74) is 0.974. The van der Waals surface area contributed by atoms with Gasteiger partial charge in [-0.2, -0.15) is 0 Å². The lowest BCUT2D eigenvalue weighted by atomic mass is 9.45. The summed E-state index contributed by atoms with van der Waals surface area (Å²) in [6.45, 7) is 7.22. The topological polar surface area (TPSA) is 17.1 Å². The first-order chi connectivity index (χ1) is 11.0. The van der Waals surface area contributed by atoms with E-state index >= 15 is 0 Å². The molecular weight excluding hydrogens is 280 g/mol. The maximum atomic E-state index is 12.5. The number of Topliss-reactive ketones (excluding diaryl/α,β-unsaturated/α-hetero) is 1. The molecule has 1 nitrogen and oxygen atoms in total. The van der Waals surface area contributed by atoms with Crippen LogP contribution >= 0.6 is 0 Å². The van der Waals surface area contributed by atoms with Gasteiger partial charge in [0.2, 0.25) is 0 Å². The first kappa shape index (κ1) is 16.2. The van der Waals surface area contributed by atoms with Crippen molar-refractivity contribution in [2.24, 2.45) is 40.4 Å². The highest BCUT2D eigenvalue weighted by molar-refractivity contribution is 5.81. The van der Waals surface area contributed by atoms with E-state index < -0.39 is 0 Å². The Kier molecular flexibility index (Phi) is 3.93. The molecule has 0 amide bonds. The van der Waals surface area contributed by atoms with Crippen LogP contribution in [0.3, 0.4) is 0 Å². The summed E-state index contributed by atoms with van der Waals surface area (Å²) in [6, 6.07) is 0. The van der Waals surface area contributed by atoms with Crippen LogP contribution in [-0.4, -0.2) is 5.78 Å². The second kappa shape index (κ2) is 5.60. The molecule has 1 heteroatoms. The van der Waals surface area contributed by atoms with Crippen LogP contribution in [0, 0.1) is 40.4 Å². The summed E-state index contributed by atoms with van der Waals surface area (Å²) in [7, 11) is 0. The van der Waals surface area contributed by atoms with Gasteiger partial charge in [0.05, 0.1) is 0 Å². The van der Waals surface area contributed by atoms with Crippen LogP contribution in [0.15, 0.2) is 0 Å². The highest BCUT2D eigenvalue weighted by Gasteiger charge is 2.60. The number of fused-ring (bicyclic) bond motifs is 5. The predicted octanol–water partition coefficient (Wildman–Crippen LogP) is 6.01. The Hall–Kier alpha value is -0.330. The molecule has 0 aromatic carbocycles. The van der Waals surface area contributed by atoms with Gasteiger partial charge in [0.1, 0.15) is 5.78 Å². The molecule has 4 fully saturated rings. The Bertz CT molecular complexity index is 482. The van der Waals surface area contributed by atoms with Crippen LogP contribution < -0.4 is 0 Å². The van der Waals surface area contributed by atoms with Crippen LogP contribution in [0.5, 0.6) is 0 Å². The van der Waals surface area contributed by atoms with Crippen molar-refractivity contribution in [1.29, 1.82) is 0 Å². The van der Waals surface area contributed by atoms with Crippen molar-refractivity contribution in [2.75, 3.05) is 0 Å². The largest absolute Gasteiger partial charge is 0.299 e. The van der Waals surface area contributed by atoms with Gasteiger partial charge in [0.15, 0.2) is 0 Å². The number of carbonyl (C=O) groups is 1. The fourth-order valence-electron chi connectivity index (χ4n) is 8.07. The standard InChI is InChI=1S/C22H36O/c1-4-20(23)19-11-10-17-16-9-8-15-7-5-6-13-21(15,2)18(16)12-14-22(17,19)3/h15-19H,4-14H2,1-3H3. The second-order valence-corrected chi connectivity index (χ2v) is 9.90. The van der Waals surface area contributed by atoms with Crippen LogP contribution in [0.1, 0.15) is 91.4 Å². The van der Waals surface area contributed by atoms with Gasteiger partial charge in [0, 0.05) is 12.3 Å². The Morgan fingerprint density at radius 3 is 2.43 bits per heavy atom. The number of hydrogen-bond donors (Lipinski definition) is 0. The van der Waals surface area contributed by atoms with Crippen LogP contribution in [0.2, 0.25) is 0 Å². The molecule has 23 heavy (non-hydrogen) atoms. The Labute approximate surface area is 143 Å². The summed E-state index contributed by atoms with van der Waals surface area (Å²) in [6.07, 6.45) is 14.9. The molecule has 4 aliphatic rings. The quantitative estimate of drug-likeness (QED) is 0.609. The van der Waals surface area contributed by atoms with Crippen molar-refractivity contribution in [2.45, 2.75) is 91.4 Å². The molecule has 0 saturated heterocycles. The van der Waals surface area contributed by atoms with Crippen LogP contribution in [0.4, 0.5) is 0 Å². The Balaban J connectivity index is 1.61. The normalized spacial score (nSPS) is 52.4. The van der Waals surface area contributed by atoms with Crippen LogP contribution in [0.25, 0.3) is 0 Å². The van der Waals surface area contributed by atoms with E-state index in [2.05, 4.69) is 20.8 Å². The van der Waals surface area contributed by atoms with Gasteiger partial charge in [-0.1, -0.05) is 33.6 Å². The Morgan fingerprint density at radius 2 is 1.65 bits per heavy atom. The average Bonchev–Trinajstić information content (AvgIpc) is 2.91. The molecular formula is C22H36O. The van der Waals surface area contributed by atoms with Crippen molar-refractivity contribution in [3.63, 3.8) is 0 Å². The zero-order valence-corrected chi connectivity index (χ0v) is 15.6. The minimum absolute atomic E-state index is 0.339. The average molecular weight is 317 g/mol. The molecule has 4 rings (SSSR count). The minimum Gasteiger partial charge on any atom is -0.299 e. The number of ketones is 1. The number of rotatable bonds is 2. The molecule has 0 bridgehead atoms. The van der Waals surface area contributed by atoms with E-state index in [1.807, 2.05) is 0 Å². The van der Waals surface area contributed by atoms with Crippen molar-refractivity contribution in [1.82, 2.24) is 0 Å². The maximum absolute atomic E-state index is 12.5.